The van der Waals surface area contributed by atoms with Crippen molar-refractivity contribution in [1.29, 1.82) is 0 Å². The van der Waals surface area contributed by atoms with Crippen LogP contribution < -0.4 is 15.9 Å². The first-order valence-electron chi connectivity index (χ1n) is 5.23. The van der Waals surface area contributed by atoms with E-state index in [9.17, 15) is 9.59 Å². The van der Waals surface area contributed by atoms with Crippen LogP contribution in [0.5, 0.6) is 5.75 Å². The summed E-state index contributed by atoms with van der Waals surface area (Å²) < 4.78 is 9.90. The van der Waals surface area contributed by atoms with E-state index in [1.54, 1.807) is 25.1 Å². The Labute approximate surface area is 100 Å². The highest BCUT2D eigenvalue weighted by atomic mass is 16.6. The number of ether oxygens (including phenoxy) is 2. The average molecular weight is 235 g/mol. The third kappa shape index (κ3) is 3.83. The maximum Gasteiger partial charge on any atom is 0.344 e. The smallest absolute Gasteiger partial charge is 0.344 e. The van der Waals surface area contributed by atoms with Gasteiger partial charge in [-0.2, -0.15) is 0 Å². The van der Waals surface area contributed by atoms with Crippen molar-refractivity contribution in [2.24, 2.45) is 5.73 Å². The van der Waals surface area contributed by atoms with E-state index < -0.39 is 11.9 Å². The van der Waals surface area contributed by atoms with E-state index in [4.69, 9.17) is 15.2 Å². The highest BCUT2D eigenvalue weighted by Crippen LogP contribution is 2.15. The van der Waals surface area contributed by atoms with Crippen molar-refractivity contribution in [3.05, 3.63) is 23.8 Å². The molecule has 0 aromatic heterocycles. The Morgan fingerprint density at radius 3 is 2.71 bits per heavy atom. The van der Waals surface area contributed by atoms with Gasteiger partial charge in [0.1, 0.15) is 13.6 Å². The Morgan fingerprint density at radius 1 is 1.41 bits per heavy atom. The second kappa shape index (κ2) is 5.93. The molecule has 0 saturated carbocycles. The molecule has 1 amide bonds. The third-order valence-electron chi connectivity index (χ3n) is 2.05. The molecule has 0 unspecified atom stereocenters. The van der Waals surface area contributed by atoms with Gasteiger partial charge in [-0.3, -0.25) is 4.79 Å². The van der Waals surface area contributed by atoms with Gasteiger partial charge < -0.3 is 15.2 Å². The number of nitrogens with two attached hydrogens (primary N) is 1. The maximum absolute atomic E-state index is 11.2. The van der Waals surface area contributed by atoms with Gasteiger partial charge in [-0.15, -0.1) is 0 Å². The highest BCUT2D eigenvalue weighted by Gasteiger charge is 2.11. The molecule has 0 aliphatic carbocycles. The van der Waals surface area contributed by atoms with Crippen molar-refractivity contribution >= 4 is 25.2 Å². The van der Waals surface area contributed by atoms with Crippen molar-refractivity contribution < 1.29 is 19.1 Å². The molecule has 90 valence electrons. The summed E-state index contributed by atoms with van der Waals surface area (Å²) in [5, 5.41) is 0. The van der Waals surface area contributed by atoms with Gasteiger partial charge in [0.05, 0.1) is 12.2 Å². The van der Waals surface area contributed by atoms with Crippen molar-refractivity contribution in [3.63, 3.8) is 0 Å². The lowest BCUT2D eigenvalue weighted by Gasteiger charge is -2.09. The number of rotatable bonds is 5. The number of hydrogen-bond donors (Lipinski definition) is 1. The molecule has 1 aromatic carbocycles. The summed E-state index contributed by atoms with van der Waals surface area (Å²) >= 11 is 0. The molecule has 0 aliphatic heterocycles. The van der Waals surface area contributed by atoms with E-state index in [2.05, 4.69) is 0 Å². The number of amides is 1. The summed E-state index contributed by atoms with van der Waals surface area (Å²) in [6, 6.07) is 4.99. The van der Waals surface area contributed by atoms with Gasteiger partial charge in [0.25, 0.3) is 5.91 Å². The van der Waals surface area contributed by atoms with E-state index in [0.29, 0.717) is 6.61 Å². The molecule has 0 radical (unpaired) electrons. The molecule has 2 N–H and O–H groups in total. The van der Waals surface area contributed by atoms with Gasteiger partial charge in [-0.05, 0) is 13.0 Å². The monoisotopic (exact) mass is 235 g/mol. The summed E-state index contributed by atoms with van der Waals surface area (Å²) in [6.07, 6.45) is 0. The van der Waals surface area contributed by atoms with Crippen LogP contribution in [0.25, 0.3) is 0 Å². The van der Waals surface area contributed by atoms with Crippen LogP contribution in [0.2, 0.25) is 0 Å². The van der Waals surface area contributed by atoms with Crippen LogP contribution in [-0.4, -0.2) is 32.9 Å². The molecule has 0 fully saturated rings. The predicted octanol–water partition coefficient (Wildman–Crippen LogP) is -1.01. The zero-order valence-corrected chi connectivity index (χ0v) is 9.86. The quantitative estimate of drug-likeness (QED) is 0.523. The zero-order chi connectivity index (χ0) is 12.8. The number of carbonyl (C=O) groups excluding carboxylic acids is 2. The van der Waals surface area contributed by atoms with Gasteiger partial charge >= 0.3 is 5.97 Å². The fourth-order valence-corrected chi connectivity index (χ4v) is 1.30. The second-order valence-corrected chi connectivity index (χ2v) is 3.46. The van der Waals surface area contributed by atoms with Gasteiger partial charge in [-0.25, -0.2) is 4.79 Å². The number of esters is 1. The van der Waals surface area contributed by atoms with Crippen LogP contribution in [-0.2, 0) is 9.53 Å². The summed E-state index contributed by atoms with van der Waals surface area (Å²) in [5.41, 5.74) is 6.36. The molecule has 0 spiro atoms. The summed E-state index contributed by atoms with van der Waals surface area (Å²) in [5.74, 6) is -0.785. The van der Waals surface area contributed by atoms with Crippen LogP contribution in [0, 0.1) is 0 Å². The fraction of sp³-hybridized carbons (Fsp3) is 0.273. The summed E-state index contributed by atoms with van der Waals surface area (Å²) in [4.78, 5) is 22.3. The lowest BCUT2D eigenvalue weighted by molar-refractivity contribution is -0.145. The minimum atomic E-state index is -0.590. The fourth-order valence-electron chi connectivity index (χ4n) is 1.30. The normalized spacial score (nSPS) is 9.71. The first-order valence-corrected chi connectivity index (χ1v) is 5.23. The molecular formula is C11H14BNO4. The van der Waals surface area contributed by atoms with Crippen LogP contribution in [0.3, 0.4) is 0 Å². The first-order chi connectivity index (χ1) is 8.04. The molecule has 5 nitrogen and oxygen atoms in total. The van der Waals surface area contributed by atoms with Gasteiger partial charge in [0.15, 0.2) is 6.61 Å². The van der Waals surface area contributed by atoms with Crippen molar-refractivity contribution in [3.8, 4) is 5.75 Å². The van der Waals surface area contributed by atoms with Crippen molar-refractivity contribution in [2.45, 2.75) is 6.92 Å². The average Bonchev–Trinajstić information content (AvgIpc) is 2.27. The van der Waals surface area contributed by atoms with Crippen LogP contribution in [0.1, 0.15) is 17.3 Å². The first kappa shape index (κ1) is 13.1. The standard InChI is InChI=1S/C11H14BNO4/c1-2-16-10(14)6-17-9-4-3-7(12)5-8(9)11(13)15/h3-5H,2,6,12H2,1H3,(H2,13,15). The van der Waals surface area contributed by atoms with Crippen LogP contribution in [0.15, 0.2) is 18.2 Å². The van der Waals surface area contributed by atoms with Gasteiger partial charge in [0.2, 0.25) is 0 Å². The zero-order valence-electron chi connectivity index (χ0n) is 9.86. The summed E-state index contributed by atoms with van der Waals surface area (Å²) in [6.45, 7) is 1.76. The van der Waals surface area contributed by atoms with E-state index in [1.165, 1.54) is 0 Å². The number of primary amides is 1. The Bertz CT molecular complexity index is 433. The van der Waals surface area contributed by atoms with Gasteiger partial charge in [0, 0.05) is 0 Å². The highest BCUT2D eigenvalue weighted by molar-refractivity contribution is 6.32. The largest absolute Gasteiger partial charge is 0.481 e. The minimum Gasteiger partial charge on any atom is -0.481 e. The molecule has 0 heterocycles. The molecule has 1 aromatic rings. The van der Waals surface area contributed by atoms with Crippen molar-refractivity contribution in [1.82, 2.24) is 0 Å². The van der Waals surface area contributed by atoms with E-state index in [1.807, 2.05) is 7.85 Å². The Balaban J connectivity index is 2.77. The maximum atomic E-state index is 11.2. The number of carbonyl (C=O) groups is 2. The molecule has 17 heavy (non-hydrogen) atoms. The van der Waals surface area contributed by atoms with Crippen LogP contribution in [0.4, 0.5) is 0 Å². The van der Waals surface area contributed by atoms with E-state index >= 15 is 0 Å². The minimum absolute atomic E-state index is 0.239. The lowest BCUT2D eigenvalue weighted by atomic mass is 9.94. The Morgan fingerprint density at radius 2 is 2.12 bits per heavy atom. The third-order valence-corrected chi connectivity index (χ3v) is 2.05. The molecule has 0 bridgehead atoms. The Kier molecular flexibility index (Phi) is 4.57. The number of hydrogen-bond acceptors (Lipinski definition) is 4. The molecule has 0 atom stereocenters. The number of benzene rings is 1. The molecular weight excluding hydrogens is 221 g/mol. The molecule has 1 rings (SSSR count). The Hall–Kier alpha value is -1.98. The molecule has 6 heteroatoms. The lowest BCUT2D eigenvalue weighted by Crippen LogP contribution is -2.19. The van der Waals surface area contributed by atoms with E-state index in [0.717, 1.165) is 5.46 Å². The van der Waals surface area contributed by atoms with Crippen LogP contribution >= 0.6 is 0 Å². The second-order valence-electron chi connectivity index (χ2n) is 3.46. The predicted molar refractivity (Wildman–Crippen MR) is 65.3 cm³/mol. The topological polar surface area (TPSA) is 78.6 Å². The SMILES string of the molecule is Bc1ccc(OCC(=O)OCC)c(C(N)=O)c1. The van der Waals surface area contributed by atoms with Gasteiger partial charge in [-0.1, -0.05) is 17.6 Å². The van der Waals surface area contributed by atoms with E-state index in [-0.39, 0.29) is 17.9 Å². The molecule has 0 saturated heterocycles. The molecule has 0 aliphatic rings. The summed E-state index contributed by atoms with van der Waals surface area (Å²) in [7, 11) is 1.83. The van der Waals surface area contributed by atoms with Crippen molar-refractivity contribution in [2.75, 3.05) is 13.2 Å².